The van der Waals surface area contributed by atoms with Crippen LogP contribution in [0.25, 0.3) is 0 Å². The minimum absolute atomic E-state index is 0.170. The number of carbonyl (C=O) groups excluding carboxylic acids is 2. The summed E-state index contributed by atoms with van der Waals surface area (Å²) in [5.74, 6) is -4.18. The summed E-state index contributed by atoms with van der Waals surface area (Å²) in [6, 6.07) is 5.91. The van der Waals surface area contributed by atoms with Crippen LogP contribution in [0.1, 0.15) is 34.1 Å². The molecular formula is C28H38BrN3O6. The van der Waals surface area contributed by atoms with Gasteiger partial charge in [0.2, 0.25) is 5.91 Å². The van der Waals surface area contributed by atoms with Crippen molar-refractivity contribution < 1.29 is 29.3 Å². The zero-order chi connectivity index (χ0) is 27.9. The van der Waals surface area contributed by atoms with Gasteiger partial charge in [-0.1, -0.05) is 35.9 Å². The summed E-state index contributed by atoms with van der Waals surface area (Å²) in [4.78, 5) is 45.7. The van der Waals surface area contributed by atoms with E-state index in [1.54, 1.807) is 11.0 Å². The first-order chi connectivity index (χ1) is 18.1. The lowest BCUT2D eigenvalue weighted by Gasteiger charge is -2.40. The van der Waals surface area contributed by atoms with Crippen LogP contribution in [0.5, 0.6) is 0 Å². The van der Waals surface area contributed by atoms with E-state index in [-0.39, 0.29) is 29.8 Å². The lowest BCUT2D eigenvalue weighted by molar-refractivity contribution is -0.151. The average molecular weight is 593 g/mol. The number of carboxylic acids is 1. The summed E-state index contributed by atoms with van der Waals surface area (Å²) in [6.45, 7) is 13.3. The molecule has 1 aromatic rings. The van der Waals surface area contributed by atoms with Gasteiger partial charge in [-0.15, -0.1) is 6.58 Å². The summed E-state index contributed by atoms with van der Waals surface area (Å²) >= 11 is 3.57. The number of amides is 2. The van der Waals surface area contributed by atoms with Crippen molar-refractivity contribution in [2.75, 3.05) is 36.0 Å². The first kappa shape index (κ1) is 28.6. The topological polar surface area (TPSA) is 111 Å². The molecule has 0 aliphatic carbocycles. The highest BCUT2D eigenvalue weighted by atomic mass is 79.9. The third-order valence-corrected chi connectivity index (χ3v) is 9.27. The number of fused-ring (bicyclic) bond motifs is 1. The van der Waals surface area contributed by atoms with Gasteiger partial charge in [-0.2, -0.15) is 0 Å². The smallest absolute Gasteiger partial charge is 0.310 e. The molecule has 38 heavy (non-hydrogen) atoms. The third kappa shape index (κ3) is 4.34. The molecule has 1 aromatic carbocycles. The maximum atomic E-state index is 14.5. The van der Waals surface area contributed by atoms with Gasteiger partial charge in [0, 0.05) is 35.8 Å². The monoisotopic (exact) mass is 591 g/mol. The summed E-state index contributed by atoms with van der Waals surface area (Å²) < 4.78 is 6.37. The number of hydrogen-bond acceptors (Lipinski definition) is 6. The van der Waals surface area contributed by atoms with Crippen LogP contribution >= 0.6 is 15.9 Å². The van der Waals surface area contributed by atoms with Crippen LogP contribution in [-0.2, 0) is 19.1 Å². The first-order valence-electron chi connectivity index (χ1n) is 13.3. The molecule has 3 heterocycles. The zero-order valence-corrected chi connectivity index (χ0v) is 24.0. The second kappa shape index (κ2) is 11.0. The summed E-state index contributed by atoms with van der Waals surface area (Å²) in [5, 5.41) is 20.4. The molecule has 3 unspecified atom stereocenters. The Morgan fingerprint density at radius 1 is 1.24 bits per heavy atom. The molecule has 7 atom stereocenters. The summed E-state index contributed by atoms with van der Waals surface area (Å²) in [7, 11) is 0. The molecule has 2 N–H and O–H groups in total. The van der Waals surface area contributed by atoms with Crippen molar-refractivity contribution in [1.82, 2.24) is 4.90 Å². The Hall–Kier alpha value is -2.43. The van der Waals surface area contributed by atoms with Crippen LogP contribution in [-0.4, -0.2) is 87.8 Å². The fourth-order valence-corrected chi connectivity index (χ4v) is 7.58. The number of aliphatic hydroxyl groups is 1. The predicted molar refractivity (Wildman–Crippen MR) is 148 cm³/mol. The molecule has 1 spiro atoms. The maximum absolute atomic E-state index is 14.5. The van der Waals surface area contributed by atoms with Crippen molar-refractivity contribution in [3.63, 3.8) is 0 Å². The van der Waals surface area contributed by atoms with Gasteiger partial charge >= 0.3 is 5.97 Å². The number of likely N-dealkylation sites (tertiary alicyclic amines) is 1. The van der Waals surface area contributed by atoms with Crippen LogP contribution in [0.3, 0.4) is 0 Å². The number of rotatable bonds is 11. The zero-order valence-electron chi connectivity index (χ0n) is 22.4. The number of benzene rings is 1. The predicted octanol–water partition coefficient (Wildman–Crippen LogP) is 2.90. The lowest BCUT2D eigenvalue weighted by Crippen LogP contribution is -2.60. The van der Waals surface area contributed by atoms with Crippen LogP contribution in [0.4, 0.5) is 11.4 Å². The number of nitrogens with zero attached hydrogens (tertiary/aromatic N) is 3. The van der Waals surface area contributed by atoms with Crippen LogP contribution in [0.2, 0.25) is 0 Å². The largest absolute Gasteiger partial charge is 0.481 e. The molecule has 3 aliphatic heterocycles. The van der Waals surface area contributed by atoms with E-state index in [1.165, 1.54) is 4.90 Å². The molecule has 10 heteroatoms. The molecule has 208 valence electrons. The Balaban J connectivity index is 1.81. The molecule has 3 saturated heterocycles. The van der Waals surface area contributed by atoms with E-state index >= 15 is 0 Å². The average Bonchev–Trinajstić information content (AvgIpc) is 3.47. The van der Waals surface area contributed by atoms with Crippen LogP contribution < -0.4 is 9.80 Å². The van der Waals surface area contributed by atoms with Crippen molar-refractivity contribution in [3.05, 3.63) is 36.9 Å². The number of aliphatic hydroxyl groups excluding tert-OH is 1. The summed E-state index contributed by atoms with van der Waals surface area (Å²) in [5.41, 5.74) is 0.366. The van der Waals surface area contributed by atoms with E-state index in [4.69, 9.17) is 4.74 Å². The molecule has 3 aliphatic rings. The quantitative estimate of drug-likeness (QED) is 0.301. The molecule has 2 bridgehead atoms. The minimum Gasteiger partial charge on any atom is -0.481 e. The Morgan fingerprint density at radius 3 is 2.34 bits per heavy atom. The Bertz CT molecular complexity index is 1080. The summed E-state index contributed by atoms with van der Waals surface area (Å²) in [6.07, 6.45) is 1.23. The number of halogens is 1. The number of carboxylic acid groups (broad SMARTS) is 1. The molecule has 0 aromatic heterocycles. The first-order valence-corrected chi connectivity index (χ1v) is 14.2. The number of ether oxygens (including phenoxy) is 1. The third-order valence-electron chi connectivity index (χ3n) is 8.43. The molecule has 9 nitrogen and oxygen atoms in total. The van der Waals surface area contributed by atoms with E-state index in [1.807, 2.05) is 38.1 Å². The highest BCUT2D eigenvalue weighted by Gasteiger charge is 2.77. The van der Waals surface area contributed by atoms with Crippen LogP contribution in [0.15, 0.2) is 36.9 Å². The Kier molecular flexibility index (Phi) is 8.26. The molecule has 0 radical (unpaired) electrons. The number of anilines is 2. The van der Waals surface area contributed by atoms with Crippen LogP contribution in [0, 0.1) is 17.8 Å². The Morgan fingerprint density at radius 2 is 1.84 bits per heavy atom. The maximum Gasteiger partial charge on any atom is 0.310 e. The normalized spacial score (nSPS) is 30.4. The van der Waals surface area contributed by atoms with Gasteiger partial charge in [0.25, 0.3) is 5.91 Å². The van der Waals surface area contributed by atoms with Gasteiger partial charge in [-0.25, -0.2) is 0 Å². The number of alkyl halides is 1. The van der Waals surface area contributed by atoms with E-state index in [2.05, 4.69) is 41.3 Å². The second-order valence-electron chi connectivity index (χ2n) is 10.7. The lowest BCUT2D eigenvalue weighted by atomic mass is 9.70. The van der Waals surface area contributed by atoms with E-state index in [0.717, 1.165) is 18.8 Å². The number of hydrogen-bond donors (Lipinski definition) is 2. The molecule has 4 rings (SSSR count). The van der Waals surface area contributed by atoms with Gasteiger partial charge in [0.1, 0.15) is 11.6 Å². The van der Waals surface area contributed by atoms with E-state index in [0.29, 0.717) is 12.1 Å². The van der Waals surface area contributed by atoms with E-state index < -0.39 is 47.5 Å². The highest BCUT2D eigenvalue weighted by molar-refractivity contribution is 9.09. The van der Waals surface area contributed by atoms with Crippen molar-refractivity contribution in [2.45, 2.75) is 62.7 Å². The van der Waals surface area contributed by atoms with Gasteiger partial charge in [-0.05, 0) is 50.5 Å². The van der Waals surface area contributed by atoms with E-state index in [9.17, 15) is 24.6 Å². The fraction of sp³-hybridized carbons (Fsp3) is 0.607. The van der Waals surface area contributed by atoms with Crippen molar-refractivity contribution in [2.24, 2.45) is 17.8 Å². The van der Waals surface area contributed by atoms with Crippen molar-refractivity contribution >= 4 is 45.1 Å². The SMILES string of the molecule is C=CCN(C(=O)C1N([C@@H](CO)C(C)C)C(=O)[C@@H]2[C@@H](C(=O)O)[C@@H]3OC12CC3Br)c1ccc(N(CC)CC)cc1. The van der Waals surface area contributed by atoms with Crippen molar-refractivity contribution in [3.8, 4) is 0 Å². The molecule has 3 fully saturated rings. The standard InChI is InChI=1S/C28H38BrN3O6/c1-6-13-31(18-11-9-17(10-12-18)30(7-2)8-3)26(35)24-28-14-19(29)23(38-28)21(27(36)37)22(28)25(34)32(24)20(15-33)16(4)5/h6,9-12,16,19-24,33H,1,7-8,13-15H2,2-5H3,(H,36,37)/t19?,20-,21+,22-,23+,24?,28?/m0/s1. The minimum atomic E-state index is -1.31. The van der Waals surface area contributed by atoms with Gasteiger partial charge in [-0.3, -0.25) is 14.4 Å². The molecular weight excluding hydrogens is 554 g/mol. The number of aliphatic carboxylic acids is 1. The van der Waals surface area contributed by atoms with Gasteiger partial charge < -0.3 is 29.6 Å². The van der Waals surface area contributed by atoms with Crippen molar-refractivity contribution in [1.29, 1.82) is 0 Å². The Labute approximate surface area is 232 Å². The highest BCUT2D eigenvalue weighted by Crippen LogP contribution is 2.60. The molecule has 2 amide bonds. The fourth-order valence-electron chi connectivity index (χ4n) is 6.64. The van der Waals surface area contributed by atoms with Gasteiger partial charge in [0.05, 0.1) is 30.6 Å². The number of carbonyl (C=O) groups is 3. The molecule has 0 saturated carbocycles. The second-order valence-corrected chi connectivity index (χ2v) is 11.8. The van der Waals surface area contributed by atoms with Gasteiger partial charge in [0.15, 0.2) is 0 Å².